The fourth-order valence-corrected chi connectivity index (χ4v) is 0.646. The van der Waals surface area contributed by atoms with Gasteiger partial charge in [-0.25, -0.2) is 9.97 Å². The van der Waals surface area contributed by atoms with Gasteiger partial charge >= 0.3 is 0 Å². The molecule has 1 N–H and O–H groups in total. The van der Waals surface area contributed by atoms with E-state index in [4.69, 9.17) is 5.26 Å². The van der Waals surface area contributed by atoms with E-state index in [-0.39, 0.29) is 6.42 Å². The lowest BCUT2D eigenvalue weighted by atomic mass is 10.4. The van der Waals surface area contributed by atoms with Crippen molar-refractivity contribution in [1.29, 1.82) is 5.26 Å². The predicted octanol–water partition coefficient (Wildman–Crippen LogP) is 0.584. The molecule has 0 saturated carbocycles. The molecule has 0 bridgehead atoms. The summed E-state index contributed by atoms with van der Waals surface area (Å²) in [6.45, 7) is 0. The minimum absolute atomic E-state index is 0.268. The van der Waals surface area contributed by atoms with Crippen molar-refractivity contribution in [2.45, 2.75) is 6.42 Å². The van der Waals surface area contributed by atoms with Gasteiger partial charge in [-0.05, 0) is 0 Å². The second-order valence-corrected chi connectivity index (χ2v) is 1.97. The molecule has 0 aliphatic heterocycles. The molecule has 0 unspecified atom stereocenters. The SMILES string of the molecule is CNc1cnc(CC#N)nc1. The Balaban J connectivity index is 2.76. The Labute approximate surface area is 64.9 Å². The van der Waals surface area contributed by atoms with Gasteiger partial charge < -0.3 is 5.32 Å². The van der Waals surface area contributed by atoms with Crippen LogP contribution >= 0.6 is 0 Å². The van der Waals surface area contributed by atoms with E-state index in [2.05, 4.69) is 15.3 Å². The number of nitrogens with one attached hydrogen (secondary N) is 1. The molecule has 0 saturated heterocycles. The van der Waals surface area contributed by atoms with Gasteiger partial charge in [-0.1, -0.05) is 0 Å². The summed E-state index contributed by atoms with van der Waals surface area (Å²) in [5.41, 5.74) is 0.853. The number of aromatic nitrogens is 2. The maximum absolute atomic E-state index is 8.30. The van der Waals surface area contributed by atoms with E-state index in [0.717, 1.165) is 5.69 Å². The van der Waals surface area contributed by atoms with Crippen molar-refractivity contribution in [2.24, 2.45) is 0 Å². The van der Waals surface area contributed by atoms with Gasteiger partial charge in [0.15, 0.2) is 0 Å². The zero-order valence-corrected chi connectivity index (χ0v) is 6.20. The summed E-state index contributed by atoms with van der Waals surface area (Å²) < 4.78 is 0. The molecule has 4 nitrogen and oxygen atoms in total. The van der Waals surface area contributed by atoms with Crippen LogP contribution in [0.15, 0.2) is 12.4 Å². The minimum Gasteiger partial charge on any atom is -0.386 e. The summed E-state index contributed by atoms with van der Waals surface area (Å²) in [5.74, 6) is 0.562. The highest BCUT2D eigenvalue weighted by Gasteiger charge is 1.93. The number of rotatable bonds is 2. The summed E-state index contributed by atoms with van der Waals surface area (Å²) in [6, 6.07) is 1.98. The molecular weight excluding hydrogens is 140 g/mol. The fraction of sp³-hybridized carbons (Fsp3) is 0.286. The largest absolute Gasteiger partial charge is 0.386 e. The molecule has 0 aliphatic carbocycles. The number of nitrogens with zero attached hydrogens (tertiary/aromatic N) is 3. The summed E-state index contributed by atoms with van der Waals surface area (Å²) in [5, 5.41) is 11.2. The van der Waals surface area contributed by atoms with E-state index in [1.54, 1.807) is 19.4 Å². The molecule has 0 amide bonds. The summed E-state index contributed by atoms with van der Waals surface area (Å²) in [6.07, 6.45) is 3.57. The number of anilines is 1. The molecule has 56 valence electrons. The monoisotopic (exact) mass is 148 g/mol. The second-order valence-electron chi connectivity index (χ2n) is 1.97. The van der Waals surface area contributed by atoms with E-state index in [1.165, 1.54) is 0 Å². The molecule has 11 heavy (non-hydrogen) atoms. The van der Waals surface area contributed by atoms with Crippen LogP contribution in [0.4, 0.5) is 5.69 Å². The van der Waals surface area contributed by atoms with Crippen molar-refractivity contribution in [3.63, 3.8) is 0 Å². The maximum Gasteiger partial charge on any atom is 0.142 e. The Bertz CT molecular complexity index is 259. The van der Waals surface area contributed by atoms with Crippen molar-refractivity contribution in [2.75, 3.05) is 12.4 Å². The molecule has 0 fully saturated rings. The third-order valence-corrected chi connectivity index (χ3v) is 1.23. The number of hydrogen-bond donors (Lipinski definition) is 1. The lowest BCUT2D eigenvalue weighted by molar-refractivity contribution is 0.995. The molecule has 0 aliphatic rings. The van der Waals surface area contributed by atoms with Crippen molar-refractivity contribution in [1.82, 2.24) is 9.97 Å². The van der Waals surface area contributed by atoms with E-state index in [0.29, 0.717) is 5.82 Å². The molecule has 0 radical (unpaired) electrons. The van der Waals surface area contributed by atoms with Crippen LogP contribution in [-0.2, 0) is 6.42 Å². The van der Waals surface area contributed by atoms with Gasteiger partial charge in [-0.3, -0.25) is 0 Å². The first kappa shape index (κ1) is 7.48. The molecule has 0 atom stereocenters. The maximum atomic E-state index is 8.30. The first-order valence-electron chi connectivity index (χ1n) is 3.22. The topological polar surface area (TPSA) is 61.6 Å². The van der Waals surface area contributed by atoms with Gasteiger partial charge in [0.25, 0.3) is 0 Å². The zero-order chi connectivity index (χ0) is 8.10. The summed E-state index contributed by atoms with van der Waals surface area (Å²) in [4.78, 5) is 7.89. The van der Waals surface area contributed by atoms with Gasteiger partial charge in [0.05, 0.1) is 30.6 Å². The molecule has 1 aromatic heterocycles. The average Bonchev–Trinajstić information content (AvgIpc) is 2.07. The average molecular weight is 148 g/mol. The Morgan fingerprint density at radius 2 is 2.18 bits per heavy atom. The van der Waals surface area contributed by atoms with Crippen LogP contribution in [0.2, 0.25) is 0 Å². The molecule has 1 rings (SSSR count). The van der Waals surface area contributed by atoms with Crippen LogP contribution in [0.3, 0.4) is 0 Å². The third kappa shape index (κ3) is 1.90. The van der Waals surface area contributed by atoms with E-state index in [1.807, 2.05) is 6.07 Å². The van der Waals surface area contributed by atoms with Crippen molar-refractivity contribution in [3.05, 3.63) is 18.2 Å². The van der Waals surface area contributed by atoms with Crippen molar-refractivity contribution in [3.8, 4) is 6.07 Å². The van der Waals surface area contributed by atoms with Crippen LogP contribution in [0.25, 0.3) is 0 Å². The lowest BCUT2D eigenvalue weighted by Crippen LogP contribution is -1.95. The van der Waals surface area contributed by atoms with Crippen LogP contribution in [0.1, 0.15) is 5.82 Å². The van der Waals surface area contributed by atoms with Gasteiger partial charge in [0, 0.05) is 7.05 Å². The van der Waals surface area contributed by atoms with Crippen molar-refractivity contribution < 1.29 is 0 Å². The van der Waals surface area contributed by atoms with Crippen LogP contribution in [0, 0.1) is 11.3 Å². The van der Waals surface area contributed by atoms with Gasteiger partial charge in [-0.15, -0.1) is 0 Å². The molecule has 0 spiro atoms. The van der Waals surface area contributed by atoms with Crippen LogP contribution in [0.5, 0.6) is 0 Å². The Hall–Kier alpha value is -1.63. The van der Waals surface area contributed by atoms with Gasteiger partial charge in [-0.2, -0.15) is 5.26 Å². The predicted molar refractivity (Wildman–Crippen MR) is 40.9 cm³/mol. The number of hydrogen-bond acceptors (Lipinski definition) is 4. The first-order chi connectivity index (χ1) is 5.36. The smallest absolute Gasteiger partial charge is 0.142 e. The Kier molecular flexibility index (Phi) is 2.39. The standard InChI is InChI=1S/C7H8N4/c1-9-6-4-10-7(2-3-8)11-5-6/h4-5,9H,2H2,1H3. The fourth-order valence-electron chi connectivity index (χ4n) is 0.646. The first-order valence-corrected chi connectivity index (χ1v) is 3.22. The third-order valence-electron chi connectivity index (χ3n) is 1.23. The zero-order valence-electron chi connectivity index (χ0n) is 6.20. The summed E-state index contributed by atoms with van der Waals surface area (Å²) >= 11 is 0. The van der Waals surface area contributed by atoms with Crippen LogP contribution < -0.4 is 5.32 Å². The normalized spacial score (nSPS) is 8.73. The van der Waals surface area contributed by atoms with Gasteiger partial charge in [0.1, 0.15) is 5.82 Å². The second kappa shape index (κ2) is 3.52. The highest BCUT2D eigenvalue weighted by Crippen LogP contribution is 2.00. The molecule has 4 heteroatoms. The molecular formula is C7H8N4. The quantitative estimate of drug-likeness (QED) is 0.666. The Morgan fingerprint density at radius 3 is 2.64 bits per heavy atom. The highest BCUT2D eigenvalue weighted by atomic mass is 14.9. The molecule has 0 aromatic carbocycles. The lowest BCUT2D eigenvalue weighted by Gasteiger charge is -1.97. The van der Waals surface area contributed by atoms with E-state index in [9.17, 15) is 0 Å². The van der Waals surface area contributed by atoms with Crippen LogP contribution in [-0.4, -0.2) is 17.0 Å². The molecule has 1 heterocycles. The highest BCUT2D eigenvalue weighted by molar-refractivity contribution is 5.36. The number of nitriles is 1. The van der Waals surface area contributed by atoms with E-state index >= 15 is 0 Å². The van der Waals surface area contributed by atoms with E-state index < -0.39 is 0 Å². The van der Waals surface area contributed by atoms with Crippen molar-refractivity contribution >= 4 is 5.69 Å². The van der Waals surface area contributed by atoms with Gasteiger partial charge in [0.2, 0.25) is 0 Å². The Morgan fingerprint density at radius 1 is 1.55 bits per heavy atom. The molecule has 1 aromatic rings. The summed E-state index contributed by atoms with van der Waals surface area (Å²) in [7, 11) is 1.79. The minimum atomic E-state index is 0.268.